The van der Waals surface area contributed by atoms with Crippen LogP contribution in [0.1, 0.15) is 36.5 Å². The van der Waals surface area contributed by atoms with Crippen LogP contribution in [-0.4, -0.2) is 19.8 Å². The van der Waals surface area contributed by atoms with Gasteiger partial charge in [0.2, 0.25) is 0 Å². The van der Waals surface area contributed by atoms with Crippen molar-refractivity contribution in [3.8, 4) is 11.4 Å². The number of hydrogen-bond donors (Lipinski definition) is 0. The lowest BCUT2D eigenvalue weighted by Crippen LogP contribution is -2.00. The Labute approximate surface area is 128 Å². The largest absolute Gasteiger partial charge is 0.191 e. The summed E-state index contributed by atoms with van der Waals surface area (Å²) in [4.78, 5) is 0. The van der Waals surface area contributed by atoms with Crippen molar-refractivity contribution in [1.29, 1.82) is 0 Å². The van der Waals surface area contributed by atoms with Gasteiger partial charge in [0.25, 0.3) is 0 Å². The average Bonchev–Trinajstić information content (AvgIpc) is 2.88. The van der Waals surface area contributed by atoms with Gasteiger partial charge in [-0.05, 0) is 30.9 Å². The van der Waals surface area contributed by atoms with E-state index in [-0.39, 0.29) is 0 Å². The van der Waals surface area contributed by atoms with Gasteiger partial charge in [0.1, 0.15) is 0 Å². The molecule has 0 aliphatic carbocycles. The van der Waals surface area contributed by atoms with Gasteiger partial charge in [-0.3, -0.25) is 0 Å². The first-order chi connectivity index (χ1) is 9.99. The number of hydrogen-bond acceptors (Lipinski definition) is 3. The molecule has 0 amide bonds. The maximum absolute atomic E-state index is 6.19. The van der Waals surface area contributed by atoms with Crippen LogP contribution in [0.15, 0.2) is 24.3 Å². The van der Waals surface area contributed by atoms with Gasteiger partial charge in [0, 0.05) is 11.1 Å². The van der Waals surface area contributed by atoms with Crippen LogP contribution in [0.3, 0.4) is 0 Å². The van der Waals surface area contributed by atoms with E-state index in [9.17, 15) is 0 Å². The third-order valence-corrected chi connectivity index (χ3v) is 4.23. The van der Waals surface area contributed by atoms with E-state index >= 15 is 0 Å². The van der Waals surface area contributed by atoms with Crippen molar-refractivity contribution in [3.05, 3.63) is 46.1 Å². The SMILES string of the molecule is Cc1c(Cl)nn2c(-c3ccc(C(C)C)cc3)nnc2c1C. The number of fused-ring (bicyclic) bond motifs is 1. The molecule has 0 fully saturated rings. The summed E-state index contributed by atoms with van der Waals surface area (Å²) in [6, 6.07) is 8.33. The number of aromatic nitrogens is 4. The van der Waals surface area contributed by atoms with Gasteiger partial charge in [0.05, 0.1) is 0 Å². The third kappa shape index (κ3) is 2.29. The monoisotopic (exact) mass is 300 g/mol. The van der Waals surface area contributed by atoms with E-state index in [4.69, 9.17) is 11.6 Å². The van der Waals surface area contributed by atoms with Gasteiger partial charge in [-0.15, -0.1) is 10.2 Å². The average molecular weight is 301 g/mol. The smallest absolute Gasteiger partial charge is 0.185 e. The third-order valence-electron chi connectivity index (χ3n) is 3.87. The normalized spacial score (nSPS) is 11.5. The first kappa shape index (κ1) is 14.0. The second-order valence-corrected chi connectivity index (χ2v) is 5.93. The van der Waals surface area contributed by atoms with Crippen molar-refractivity contribution in [2.24, 2.45) is 0 Å². The number of rotatable bonds is 2. The maximum atomic E-state index is 6.19. The van der Waals surface area contributed by atoms with Gasteiger partial charge < -0.3 is 0 Å². The molecule has 3 aromatic rings. The topological polar surface area (TPSA) is 43.1 Å². The molecule has 0 aliphatic heterocycles. The van der Waals surface area contributed by atoms with Gasteiger partial charge in [-0.25, -0.2) is 0 Å². The predicted octanol–water partition coefficient (Wildman–Crippen LogP) is 4.18. The highest BCUT2D eigenvalue weighted by Crippen LogP contribution is 2.25. The van der Waals surface area contributed by atoms with Crippen molar-refractivity contribution < 1.29 is 0 Å². The summed E-state index contributed by atoms with van der Waals surface area (Å²) in [6.07, 6.45) is 0. The summed E-state index contributed by atoms with van der Waals surface area (Å²) in [5, 5.41) is 13.4. The molecule has 0 bridgehead atoms. The minimum Gasteiger partial charge on any atom is -0.191 e. The molecule has 1 aromatic carbocycles. The Bertz CT molecular complexity index is 803. The molecule has 2 heterocycles. The highest BCUT2D eigenvalue weighted by Gasteiger charge is 2.14. The van der Waals surface area contributed by atoms with Gasteiger partial charge in [-0.1, -0.05) is 49.7 Å². The molecule has 108 valence electrons. The quantitative estimate of drug-likeness (QED) is 0.713. The Balaban J connectivity index is 2.17. The zero-order valence-electron chi connectivity index (χ0n) is 12.6. The maximum Gasteiger partial charge on any atom is 0.185 e. The minimum atomic E-state index is 0.486. The fraction of sp³-hybridized carbons (Fsp3) is 0.312. The highest BCUT2D eigenvalue weighted by molar-refractivity contribution is 6.30. The molecule has 0 aliphatic rings. The molecular formula is C16H17ClN4. The van der Waals surface area contributed by atoms with E-state index in [0.717, 1.165) is 22.3 Å². The first-order valence-corrected chi connectivity index (χ1v) is 7.35. The van der Waals surface area contributed by atoms with Crippen molar-refractivity contribution in [1.82, 2.24) is 19.8 Å². The molecular weight excluding hydrogens is 284 g/mol. The standard InChI is InChI=1S/C16H17ClN4/c1-9(2)12-5-7-13(8-6-12)16-19-18-15-11(4)10(3)14(17)20-21(15)16/h5-9H,1-4H3. The molecule has 0 radical (unpaired) electrons. The van der Waals surface area contributed by atoms with Crippen molar-refractivity contribution in [3.63, 3.8) is 0 Å². The molecule has 3 rings (SSSR count). The Morgan fingerprint density at radius 3 is 2.29 bits per heavy atom. The number of halogens is 1. The minimum absolute atomic E-state index is 0.486. The van der Waals surface area contributed by atoms with Crippen LogP contribution >= 0.6 is 11.6 Å². The van der Waals surface area contributed by atoms with Crippen LogP contribution < -0.4 is 0 Å². The summed E-state index contributed by atoms with van der Waals surface area (Å²) in [5.74, 6) is 1.22. The fourth-order valence-electron chi connectivity index (χ4n) is 2.29. The lowest BCUT2D eigenvalue weighted by Gasteiger charge is -2.07. The predicted molar refractivity (Wildman–Crippen MR) is 84.8 cm³/mol. The summed E-state index contributed by atoms with van der Waals surface area (Å²) in [6.45, 7) is 8.28. The molecule has 0 atom stereocenters. The van der Waals surface area contributed by atoms with Crippen LogP contribution in [0.5, 0.6) is 0 Å². The lowest BCUT2D eigenvalue weighted by atomic mass is 10.0. The van der Waals surface area contributed by atoms with E-state index < -0.39 is 0 Å². The molecule has 5 heteroatoms. The molecule has 0 spiro atoms. The van der Waals surface area contributed by atoms with Crippen LogP contribution in [0.25, 0.3) is 17.0 Å². The fourth-order valence-corrected chi connectivity index (χ4v) is 2.51. The Morgan fingerprint density at radius 1 is 1.00 bits per heavy atom. The lowest BCUT2D eigenvalue weighted by molar-refractivity contribution is 0.866. The number of benzene rings is 1. The van der Waals surface area contributed by atoms with Crippen LogP contribution in [0, 0.1) is 13.8 Å². The summed E-state index contributed by atoms with van der Waals surface area (Å²) in [5.41, 5.74) is 4.98. The highest BCUT2D eigenvalue weighted by atomic mass is 35.5. The molecule has 2 aromatic heterocycles. The van der Waals surface area contributed by atoms with Gasteiger partial charge >= 0.3 is 0 Å². The Morgan fingerprint density at radius 2 is 1.67 bits per heavy atom. The zero-order chi connectivity index (χ0) is 15.1. The summed E-state index contributed by atoms with van der Waals surface area (Å²) >= 11 is 6.19. The van der Waals surface area contributed by atoms with Crippen molar-refractivity contribution >= 4 is 17.2 Å². The molecule has 0 saturated carbocycles. The van der Waals surface area contributed by atoms with E-state index in [2.05, 4.69) is 53.4 Å². The summed E-state index contributed by atoms with van der Waals surface area (Å²) in [7, 11) is 0. The van der Waals surface area contributed by atoms with E-state index in [1.165, 1.54) is 5.56 Å². The molecule has 0 unspecified atom stereocenters. The molecule has 0 N–H and O–H groups in total. The van der Waals surface area contributed by atoms with Crippen molar-refractivity contribution in [2.75, 3.05) is 0 Å². The molecule has 21 heavy (non-hydrogen) atoms. The van der Waals surface area contributed by atoms with Crippen LogP contribution in [0.4, 0.5) is 0 Å². The number of nitrogens with zero attached hydrogens (tertiary/aromatic N) is 4. The van der Waals surface area contributed by atoms with Gasteiger partial charge in [-0.2, -0.15) is 9.61 Å². The van der Waals surface area contributed by atoms with Crippen LogP contribution in [-0.2, 0) is 0 Å². The number of aryl methyl sites for hydroxylation is 1. The van der Waals surface area contributed by atoms with Crippen LogP contribution in [0.2, 0.25) is 5.15 Å². The van der Waals surface area contributed by atoms with E-state index in [1.807, 2.05) is 13.8 Å². The molecule has 0 saturated heterocycles. The summed E-state index contributed by atoms with van der Waals surface area (Å²) < 4.78 is 1.72. The second kappa shape index (κ2) is 5.11. The van der Waals surface area contributed by atoms with Gasteiger partial charge in [0.15, 0.2) is 16.6 Å². The van der Waals surface area contributed by atoms with Crippen molar-refractivity contribution in [2.45, 2.75) is 33.6 Å². The first-order valence-electron chi connectivity index (χ1n) is 6.97. The second-order valence-electron chi connectivity index (χ2n) is 5.58. The Kier molecular flexibility index (Phi) is 3.41. The van der Waals surface area contributed by atoms with E-state index in [1.54, 1.807) is 4.52 Å². The Hall–Kier alpha value is -1.94. The van der Waals surface area contributed by atoms with E-state index in [0.29, 0.717) is 16.9 Å². The zero-order valence-corrected chi connectivity index (χ0v) is 13.3. The molecule has 4 nitrogen and oxygen atoms in total.